The SMILES string of the molecule is Nc1ccc(-c2ccc(-n3cccn3)cc2O)nn1. The lowest BCUT2D eigenvalue weighted by Crippen LogP contribution is -1.96. The number of phenols is 1. The second-order valence-corrected chi connectivity index (χ2v) is 4.00. The fourth-order valence-corrected chi connectivity index (χ4v) is 1.79. The summed E-state index contributed by atoms with van der Waals surface area (Å²) in [5.74, 6) is 0.462. The number of phenolic OH excluding ortho intramolecular Hbond substituents is 1. The summed E-state index contributed by atoms with van der Waals surface area (Å²) in [4.78, 5) is 0. The number of hydrogen-bond donors (Lipinski definition) is 2. The minimum absolute atomic E-state index is 0.118. The lowest BCUT2D eigenvalue weighted by Gasteiger charge is -2.06. The molecule has 2 heterocycles. The van der Waals surface area contributed by atoms with E-state index in [2.05, 4.69) is 15.3 Å². The monoisotopic (exact) mass is 253 g/mol. The van der Waals surface area contributed by atoms with Gasteiger partial charge in [-0.2, -0.15) is 5.10 Å². The predicted molar refractivity (Wildman–Crippen MR) is 70.7 cm³/mol. The minimum atomic E-state index is 0.118. The van der Waals surface area contributed by atoms with E-state index in [1.54, 1.807) is 41.3 Å². The molecule has 94 valence electrons. The number of rotatable bonds is 2. The van der Waals surface area contributed by atoms with Crippen LogP contribution < -0.4 is 5.73 Å². The molecule has 2 aromatic heterocycles. The Morgan fingerprint density at radius 2 is 2.00 bits per heavy atom. The zero-order valence-electron chi connectivity index (χ0n) is 9.93. The number of hydrogen-bond acceptors (Lipinski definition) is 5. The van der Waals surface area contributed by atoms with Crippen molar-refractivity contribution in [3.8, 4) is 22.7 Å². The normalized spacial score (nSPS) is 10.5. The second-order valence-electron chi connectivity index (χ2n) is 4.00. The Bertz CT molecular complexity index is 692. The van der Waals surface area contributed by atoms with Crippen molar-refractivity contribution in [2.45, 2.75) is 0 Å². The molecule has 0 saturated carbocycles. The third-order valence-corrected chi connectivity index (χ3v) is 2.71. The van der Waals surface area contributed by atoms with Gasteiger partial charge in [-0.25, -0.2) is 4.68 Å². The summed E-state index contributed by atoms with van der Waals surface area (Å²) in [5.41, 5.74) is 7.42. The fourth-order valence-electron chi connectivity index (χ4n) is 1.79. The maximum absolute atomic E-state index is 10.1. The fraction of sp³-hybridized carbons (Fsp3) is 0. The largest absolute Gasteiger partial charge is 0.507 e. The van der Waals surface area contributed by atoms with E-state index >= 15 is 0 Å². The number of nitrogen functional groups attached to an aromatic ring is 1. The molecule has 0 radical (unpaired) electrons. The molecule has 0 bridgehead atoms. The van der Waals surface area contributed by atoms with E-state index in [0.29, 0.717) is 17.1 Å². The summed E-state index contributed by atoms with van der Waals surface area (Å²) in [6, 6.07) is 10.4. The molecule has 3 aromatic rings. The molecular formula is C13H11N5O. The highest BCUT2D eigenvalue weighted by molar-refractivity contribution is 5.68. The van der Waals surface area contributed by atoms with Crippen LogP contribution in [0.15, 0.2) is 48.8 Å². The van der Waals surface area contributed by atoms with Crippen LogP contribution in [0.25, 0.3) is 16.9 Å². The van der Waals surface area contributed by atoms with Crippen LogP contribution in [0.1, 0.15) is 0 Å². The van der Waals surface area contributed by atoms with E-state index in [1.807, 2.05) is 12.1 Å². The Morgan fingerprint density at radius 3 is 2.63 bits per heavy atom. The first-order valence-corrected chi connectivity index (χ1v) is 5.66. The first-order valence-electron chi connectivity index (χ1n) is 5.66. The van der Waals surface area contributed by atoms with Gasteiger partial charge in [0.1, 0.15) is 11.6 Å². The number of nitrogens with two attached hydrogens (primary N) is 1. The molecule has 0 aliphatic rings. The average Bonchev–Trinajstić information content (AvgIpc) is 2.94. The molecule has 6 heteroatoms. The first-order chi connectivity index (χ1) is 9.24. The highest BCUT2D eigenvalue weighted by Crippen LogP contribution is 2.29. The standard InChI is InChI=1S/C13H11N5O/c14-13-5-4-11(16-17-13)10-3-2-9(8-12(10)19)18-7-1-6-15-18/h1-8,19H,(H2,14,17). The molecule has 3 rings (SSSR count). The smallest absolute Gasteiger partial charge is 0.146 e. The number of nitrogens with zero attached hydrogens (tertiary/aromatic N) is 4. The van der Waals surface area contributed by atoms with Gasteiger partial charge >= 0.3 is 0 Å². The first kappa shape index (κ1) is 11.2. The van der Waals surface area contributed by atoms with Crippen LogP contribution in [0, 0.1) is 0 Å². The van der Waals surface area contributed by atoms with Crippen molar-refractivity contribution in [1.29, 1.82) is 0 Å². The van der Waals surface area contributed by atoms with Gasteiger partial charge in [-0.3, -0.25) is 0 Å². The molecule has 0 aliphatic carbocycles. The van der Waals surface area contributed by atoms with Gasteiger partial charge in [-0.1, -0.05) is 0 Å². The second kappa shape index (κ2) is 4.41. The number of benzene rings is 1. The summed E-state index contributed by atoms with van der Waals surface area (Å²) in [7, 11) is 0. The van der Waals surface area contributed by atoms with Crippen LogP contribution >= 0.6 is 0 Å². The van der Waals surface area contributed by atoms with E-state index in [-0.39, 0.29) is 5.75 Å². The van der Waals surface area contributed by atoms with Gasteiger partial charge in [-0.05, 0) is 30.3 Å². The predicted octanol–water partition coefficient (Wildman–Crippen LogP) is 1.62. The topological polar surface area (TPSA) is 89.9 Å². The average molecular weight is 253 g/mol. The molecule has 0 unspecified atom stereocenters. The van der Waals surface area contributed by atoms with Crippen LogP contribution in [0.5, 0.6) is 5.75 Å². The van der Waals surface area contributed by atoms with Crippen molar-refractivity contribution in [3.63, 3.8) is 0 Å². The molecule has 0 amide bonds. The molecule has 0 aliphatic heterocycles. The molecule has 3 N–H and O–H groups in total. The maximum atomic E-state index is 10.1. The van der Waals surface area contributed by atoms with Crippen LogP contribution in [0.3, 0.4) is 0 Å². The summed E-state index contributed by atoms with van der Waals surface area (Å²) in [5, 5.41) is 21.9. The van der Waals surface area contributed by atoms with Crippen molar-refractivity contribution in [3.05, 3.63) is 48.8 Å². The van der Waals surface area contributed by atoms with E-state index in [1.165, 1.54) is 0 Å². The third kappa shape index (κ3) is 2.11. The van der Waals surface area contributed by atoms with Crippen LogP contribution in [0.4, 0.5) is 5.82 Å². The van der Waals surface area contributed by atoms with Crippen LogP contribution in [0.2, 0.25) is 0 Å². The number of aromatic nitrogens is 4. The minimum Gasteiger partial charge on any atom is -0.507 e. The Morgan fingerprint density at radius 1 is 1.11 bits per heavy atom. The van der Waals surface area contributed by atoms with Crippen molar-refractivity contribution < 1.29 is 5.11 Å². The zero-order valence-corrected chi connectivity index (χ0v) is 9.93. The molecule has 0 saturated heterocycles. The van der Waals surface area contributed by atoms with E-state index in [9.17, 15) is 5.11 Å². The highest BCUT2D eigenvalue weighted by Gasteiger charge is 2.08. The van der Waals surface area contributed by atoms with Crippen molar-refractivity contribution in [2.24, 2.45) is 0 Å². The Kier molecular flexibility index (Phi) is 2.60. The van der Waals surface area contributed by atoms with Crippen molar-refractivity contribution in [2.75, 3.05) is 5.73 Å². The molecule has 0 spiro atoms. The number of aromatic hydroxyl groups is 1. The molecule has 1 aromatic carbocycles. The van der Waals surface area contributed by atoms with Gasteiger partial charge in [-0.15, -0.1) is 10.2 Å². The van der Waals surface area contributed by atoms with Gasteiger partial charge < -0.3 is 10.8 Å². The lowest BCUT2D eigenvalue weighted by atomic mass is 10.1. The van der Waals surface area contributed by atoms with Crippen molar-refractivity contribution in [1.82, 2.24) is 20.0 Å². The van der Waals surface area contributed by atoms with E-state index in [4.69, 9.17) is 5.73 Å². The van der Waals surface area contributed by atoms with Gasteiger partial charge in [0.15, 0.2) is 0 Å². The number of anilines is 1. The Hall–Kier alpha value is -2.89. The highest BCUT2D eigenvalue weighted by atomic mass is 16.3. The molecule has 0 atom stereocenters. The summed E-state index contributed by atoms with van der Waals surface area (Å²) in [6.07, 6.45) is 3.48. The quantitative estimate of drug-likeness (QED) is 0.724. The third-order valence-electron chi connectivity index (χ3n) is 2.71. The molecular weight excluding hydrogens is 242 g/mol. The maximum Gasteiger partial charge on any atom is 0.146 e. The lowest BCUT2D eigenvalue weighted by molar-refractivity contribution is 0.476. The van der Waals surface area contributed by atoms with E-state index in [0.717, 1.165) is 5.69 Å². The summed E-state index contributed by atoms with van der Waals surface area (Å²) in [6.45, 7) is 0. The Balaban J connectivity index is 2.03. The molecule has 0 fully saturated rings. The van der Waals surface area contributed by atoms with Gasteiger partial charge in [0, 0.05) is 24.0 Å². The summed E-state index contributed by atoms with van der Waals surface area (Å²) < 4.78 is 1.66. The van der Waals surface area contributed by atoms with Gasteiger partial charge in [0.2, 0.25) is 0 Å². The van der Waals surface area contributed by atoms with Crippen molar-refractivity contribution >= 4 is 5.82 Å². The molecule has 19 heavy (non-hydrogen) atoms. The molecule has 6 nitrogen and oxygen atoms in total. The Labute approximate surface area is 109 Å². The van der Waals surface area contributed by atoms with Crippen LogP contribution in [-0.4, -0.2) is 25.1 Å². The van der Waals surface area contributed by atoms with E-state index < -0.39 is 0 Å². The van der Waals surface area contributed by atoms with Gasteiger partial charge in [0.05, 0.1) is 11.4 Å². The van der Waals surface area contributed by atoms with Crippen LogP contribution in [-0.2, 0) is 0 Å². The zero-order chi connectivity index (χ0) is 13.2. The van der Waals surface area contributed by atoms with Gasteiger partial charge in [0.25, 0.3) is 0 Å². The summed E-state index contributed by atoms with van der Waals surface area (Å²) >= 11 is 0.